The average molecular weight is 392 g/mol. The summed E-state index contributed by atoms with van der Waals surface area (Å²) in [5.41, 5.74) is 1.77. The molecule has 1 aliphatic carbocycles. The maximum atomic E-state index is 12.5. The highest BCUT2D eigenvalue weighted by molar-refractivity contribution is 7.14. The molecule has 0 spiro atoms. The van der Waals surface area contributed by atoms with E-state index in [-0.39, 0.29) is 24.5 Å². The molecule has 0 unspecified atom stereocenters. The fraction of sp³-hybridized carbons (Fsp3) is 0.526. The van der Waals surface area contributed by atoms with Crippen molar-refractivity contribution in [3.63, 3.8) is 0 Å². The molecule has 1 aromatic rings. The van der Waals surface area contributed by atoms with Crippen molar-refractivity contribution in [2.75, 3.05) is 13.2 Å². The number of amides is 2. The van der Waals surface area contributed by atoms with Crippen LogP contribution in [0.4, 0.5) is 4.79 Å². The number of carbonyl (C=O) groups is 3. The second kappa shape index (κ2) is 8.56. The summed E-state index contributed by atoms with van der Waals surface area (Å²) in [6.07, 6.45) is 5.51. The second-order valence-corrected chi connectivity index (χ2v) is 7.77. The third-order valence-corrected chi connectivity index (χ3v) is 5.88. The molecule has 0 saturated heterocycles. The van der Waals surface area contributed by atoms with E-state index in [1.165, 1.54) is 28.2 Å². The lowest BCUT2D eigenvalue weighted by Crippen LogP contribution is -2.50. The number of nitrogens with one attached hydrogen (secondary N) is 2. The summed E-state index contributed by atoms with van der Waals surface area (Å²) in [5.74, 6) is -0.976. The molecule has 146 valence electrons. The van der Waals surface area contributed by atoms with Crippen LogP contribution in [-0.2, 0) is 27.1 Å². The molecule has 1 aliphatic heterocycles. The first-order valence-corrected chi connectivity index (χ1v) is 10.1. The van der Waals surface area contributed by atoms with Gasteiger partial charge < -0.3 is 20.1 Å². The van der Waals surface area contributed by atoms with Crippen LogP contribution in [0.15, 0.2) is 17.3 Å². The molecule has 27 heavy (non-hydrogen) atoms. The number of carbonyl (C=O) groups excluding carboxylic acids is 3. The smallest absolute Gasteiger partial charge is 0.348 e. The highest BCUT2D eigenvalue weighted by Crippen LogP contribution is 2.29. The normalized spacial score (nSPS) is 19.5. The zero-order valence-electron chi connectivity index (χ0n) is 15.6. The first-order valence-electron chi connectivity index (χ1n) is 9.26. The van der Waals surface area contributed by atoms with Gasteiger partial charge in [-0.2, -0.15) is 0 Å². The van der Waals surface area contributed by atoms with Gasteiger partial charge in [0.15, 0.2) is 0 Å². The van der Waals surface area contributed by atoms with Crippen molar-refractivity contribution < 1.29 is 23.9 Å². The summed E-state index contributed by atoms with van der Waals surface area (Å²) in [6, 6.07) is 0.950. The van der Waals surface area contributed by atoms with E-state index in [1.807, 2.05) is 6.07 Å². The molecule has 0 aromatic carbocycles. The minimum absolute atomic E-state index is 0.187. The van der Waals surface area contributed by atoms with Crippen LogP contribution in [0.3, 0.4) is 0 Å². The number of thiophene rings is 1. The number of hydrogen-bond acceptors (Lipinski definition) is 6. The van der Waals surface area contributed by atoms with Crippen molar-refractivity contribution in [2.45, 2.75) is 52.0 Å². The summed E-state index contributed by atoms with van der Waals surface area (Å²) in [4.78, 5) is 38.2. The van der Waals surface area contributed by atoms with Crippen molar-refractivity contribution >= 4 is 29.3 Å². The Hall–Kier alpha value is -2.35. The van der Waals surface area contributed by atoms with Crippen LogP contribution in [0.1, 0.15) is 53.2 Å². The number of hydrogen-bond donors (Lipinski definition) is 2. The van der Waals surface area contributed by atoms with Crippen LogP contribution in [0.25, 0.3) is 0 Å². The van der Waals surface area contributed by atoms with E-state index < -0.39 is 24.0 Å². The lowest BCUT2D eigenvalue weighted by atomic mass is 10.0. The molecule has 1 aromatic heterocycles. The molecule has 7 nitrogen and oxygen atoms in total. The number of rotatable bonds is 5. The zero-order chi connectivity index (χ0) is 19.4. The molecular formula is C19H24N2O5S. The number of urea groups is 1. The molecule has 0 fully saturated rings. The monoisotopic (exact) mass is 392 g/mol. The van der Waals surface area contributed by atoms with Gasteiger partial charge in [-0.05, 0) is 51.2 Å². The summed E-state index contributed by atoms with van der Waals surface area (Å²) in [7, 11) is 0. The summed E-state index contributed by atoms with van der Waals surface area (Å²) in [5, 5.41) is 5.16. The number of ether oxygens (including phenoxy) is 2. The van der Waals surface area contributed by atoms with E-state index in [9.17, 15) is 14.4 Å². The van der Waals surface area contributed by atoms with E-state index in [1.54, 1.807) is 13.8 Å². The SMILES string of the molecule is CCOC(=O)C1=C(COC(=O)c2cc3c(s2)CCCCC3)NC(=O)N[C@@H]1C. The Morgan fingerprint density at radius 3 is 2.74 bits per heavy atom. The number of fused-ring (bicyclic) bond motifs is 1. The Kier molecular flexibility index (Phi) is 6.15. The Morgan fingerprint density at radius 2 is 1.96 bits per heavy atom. The lowest BCUT2D eigenvalue weighted by molar-refractivity contribution is -0.139. The Morgan fingerprint density at radius 1 is 1.19 bits per heavy atom. The lowest BCUT2D eigenvalue weighted by Gasteiger charge is -2.26. The van der Waals surface area contributed by atoms with Gasteiger partial charge in [0.1, 0.15) is 11.5 Å². The molecule has 0 saturated carbocycles. The maximum Gasteiger partial charge on any atom is 0.348 e. The van der Waals surface area contributed by atoms with Gasteiger partial charge in [0.05, 0.1) is 23.9 Å². The maximum absolute atomic E-state index is 12.5. The van der Waals surface area contributed by atoms with Crippen molar-refractivity contribution in [1.29, 1.82) is 0 Å². The largest absolute Gasteiger partial charge is 0.463 e. The van der Waals surface area contributed by atoms with Crippen LogP contribution in [-0.4, -0.2) is 37.2 Å². The molecule has 2 aliphatic rings. The van der Waals surface area contributed by atoms with Gasteiger partial charge in [-0.3, -0.25) is 0 Å². The fourth-order valence-electron chi connectivity index (χ4n) is 3.37. The van der Waals surface area contributed by atoms with E-state index in [0.717, 1.165) is 25.7 Å². The van der Waals surface area contributed by atoms with Gasteiger partial charge in [-0.15, -0.1) is 11.3 Å². The minimum atomic E-state index is -0.536. The first-order chi connectivity index (χ1) is 13.0. The van der Waals surface area contributed by atoms with Crippen LogP contribution in [0.2, 0.25) is 0 Å². The molecule has 1 atom stereocenters. The van der Waals surface area contributed by atoms with Gasteiger partial charge in [0.25, 0.3) is 0 Å². The molecule has 2 amide bonds. The zero-order valence-corrected chi connectivity index (χ0v) is 16.4. The van der Waals surface area contributed by atoms with Gasteiger partial charge in [0, 0.05) is 4.88 Å². The number of aryl methyl sites for hydroxylation is 2. The standard InChI is InChI=1S/C19H24N2O5S/c1-3-25-18(23)16-11(2)20-19(24)21-13(16)10-26-17(22)15-9-12-7-5-4-6-8-14(12)27-15/h9,11H,3-8,10H2,1-2H3,(H2,20,21,24)/t11-/m1/s1. The number of esters is 2. The van der Waals surface area contributed by atoms with Crippen molar-refractivity contribution in [2.24, 2.45) is 0 Å². The summed E-state index contributed by atoms with van der Waals surface area (Å²) >= 11 is 1.48. The predicted octanol–water partition coefficient (Wildman–Crippen LogP) is 2.69. The van der Waals surface area contributed by atoms with E-state index >= 15 is 0 Å². The predicted molar refractivity (Wildman–Crippen MR) is 101 cm³/mol. The molecule has 0 radical (unpaired) electrons. The molecule has 2 heterocycles. The minimum Gasteiger partial charge on any atom is -0.463 e. The van der Waals surface area contributed by atoms with Gasteiger partial charge in [-0.25, -0.2) is 14.4 Å². The highest BCUT2D eigenvalue weighted by atomic mass is 32.1. The Balaban J connectivity index is 1.73. The van der Waals surface area contributed by atoms with Gasteiger partial charge in [-0.1, -0.05) is 6.42 Å². The van der Waals surface area contributed by atoms with Crippen molar-refractivity contribution in [3.05, 3.63) is 32.7 Å². The molecule has 0 bridgehead atoms. The van der Waals surface area contributed by atoms with Crippen LogP contribution in [0.5, 0.6) is 0 Å². The van der Waals surface area contributed by atoms with E-state index in [4.69, 9.17) is 9.47 Å². The average Bonchev–Trinajstić information content (AvgIpc) is 2.90. The third kappa shape index (κ3) is 4.50. The van der Waals surface area contributed by atoms with Crippen LogP contribution >= 0.6 is 11.3 Å². The highest BCUT2D eigenvalue weighted by Gasteiger charge is 2.30. The Bertz CT molecular complexity index is 760. The van der Waals surface area contributed by atoms with Gasteiger partial charge in [0.2, 0.25) is 0 Å². The van der Waals surface area contributed by atoms with Gasteiger partial charge >= 0.3 is 18.0 Å². The van der Waals surface area contributed by atoms with Crippen molar-refractivity contribution in [3.8, 4) is 0 Å². The fourth-order valence-corrected chi connectivity index (χ4v) is 4.52. The van der Waals surface area contributed by atoms with E-state index in [2.05, 4.69) is 10.6 Å². The van der Waals surface area contributed by atoms with Crippen LogP contribution < -0.4 is 10.6 Å². The molecule has 3 rings (SSSR count). The topological polar surface area (TPSA) is 93.7 Å². The molecular weight excluding hydrogens is 368 g/mol. The van der Waals surface area contributed by atoms with Crippen LogP contribution in [0, 0.1) is 0 Å². The first kappa shape index (κ1) is 19.4. The van der Waals surface area contributed by atoms with Crippen molar-refractivity contribution in [1.82, 2.24) is 10.6 Å². The Labute approximate surface area is 162 Å². The summed E-state index contributed by atoms with van der Waals surface area (Å²) < 4.78 is 10.4. The second-order valence-electron chi connectivity index (χ2n) is 6.63. The molecule has 8 heteroatoms. The summed E-state index contributed by atoms with van der Waals surface area (Å²) in [6.45, 7) is 3.42. The quantitative estimate of drug-likeness (QED) is 0.594. The molecule has 2 N–H and O–H groups in total. The third-order valence-electron chi connectivity index (χ3n) is 4.66. The van der Waals surface area contributed by atoms with E-state index in [0.29, 0.717) is 4.88 Å².